The lowest BCUT2D eigenvalue weighted by Crippen LogP contribution is -2.47. The van der Waals surface area contributed by atoms with E-state index in [9.17, 15) is 13.6 Å². The van der Waals surface area contributed by atoms with E-state index in [-0.39, 0.29) is 12.4 Å². The molecule has 7 heteroatoms. The molecule has 1 rings (SSSR count). The molecule has 104 valence electrons. The van der Waals surface area contributed by atoms with Gasteiger partial charge in [0.15, 0.2) is 0 Å². The molecule has 1 amide bonds. The molecule has 0 atom stereocenters. The van der Waals surface area contributed by atoms with Gasteiger partial charge in [0, 0.05) is 4.88 Å². The SMILES string of the molecule is CC(C)(C(=O)NCC(F)(F)CN)c1cccs1.Cl. The lowest BCUT2D eigenvalue weighted by Gasteiger charge is -2.24. The Bertz CT molecular complexity index is 382. The maximum absolute atomic E-state index is 12.9. The first kappa shape index (κ1) is 17.3. The van der Waals surface area contributed by atoms with Crippen LogP contribution in [0.5, 0.6) is 0 Å². The van der Waals surface area contributed by atoms with Gasteiger partial charge in [-0.05, 0) is 25.3 Å². The van der Waals surface area contributed by atoms with Crippen LogP contribution >= 0.6 is 23.7 Å². The van der Waals surface area contributed by atoms with E-state index in [0.717, 1.165) is 4.88 Å². The van der Waals surface area contributed by atoms with Crippen molar-refractivity contribution in [3.8, 4) is 0 Å². The van der Waals surface area contributed by atoms with Gasteiger partial charge in [-0.15, -0.1) is 23.7 Å². The third-order valence-electron chi connectivity index (χ3n) is 2.51. The molecule has 1 aromatic heterocycles. The standard InChI is InChI=1S/C11H16F2N2OS.ClH/c1-10(2,8-4-3-5-17-8)9(16)15-7-11(12,13)6-14;/h3-5H,6-7,14H2,1-2H3,(H,15,16);1H. The molecule has 0 aliphatic heterocycles. The number of hydrogen-bond acceptors (Lipinski definition) is 3. The van der Waals surface area contributed by atoms with E-state index in [1.165, 1.54) is 11.3 Å². The summed E-state index contributed by atoms with van der Waals surface area (Å²) in [6.45, 7) is 1.91. The van der Waals surface area contributed by atoms with Gasteiger partial charge in [0.25, 0.3) is 5.92 Å². The minimum Gasteiger partial charge on any atom is -0.349 e. The van der Waals surface area contributed by atoms with E-state index in [0.29, 0.717) is 0 Å². The lowest BCUT2D eigenvalue weighted by atomic mass is 9.90. The largest absolute Gasteiger partial charge is 0.349 e. The maximum Gasteiger partial charge on any atom is 0.277 e. The first-order valence-electron chi connectivity index (χ1n) is 5.20. The molecule has 0 saturated heterocycles. The highest BCUT2D eigenvalue weighted by atomic mass is 35.5. The average Bonchev–Trinajstić information content (AvgIpc) is 2.79. The van der Waals surface area contributed by atoms with Crippen LogP contribution in [0, 0.1) is 0 Å². The van der Waals surface area contributed by atoms with Crippen molar-refractivity contribution >= 4 is 29.7 Å². The molecule has 0 aliphatic carbocycles. The monoisotopic (exact) mass is 298 g/mol. The highest BCUT2D eigenvalue weighted by molar-refractivity contribution is 7.10. The fourth-order valence-corrected chi connectivity index (χ4v) is 2.10. The number of carbonyl (C=O) groups excluding carboxylic acids is 1. The summed E-state index contributed by atoms with van der Waals surface area (Å²) >= 11 is 1.42. The van der Waals surface area contributed by atoms with Gasteiger partial charge < -0.3 is 11.1 Å². The number of nitrogens with one attached hydrogen (secondary N) is 1. The molecule has 0 saturated carbocycles. The second-order valence-corrected chi connectivity index (χ2v) is 5.29. The number of alkyl halides is 2. The summed E-state index contributed by atoms with van der Waals surface area (Å²) < 4.78 is 25.8. The van der Waals surface area contributed by atoms with Crippen molar-refractivity contribution in [2.24, 2.45) is 5.73 Å². The molecule has 0 bridgehead atoms. The van der Waals surface area contributed by atoms with Crippen LogP contribution in [0.3, 0.4) is 0 Å². The van der Waals surface area contributed by atoms with Crippen molar-refractivity contribution in [1.29, 1.82) is 0 Å². The molecule has 0 unspecified atom stereocenters. The van der Waals surface area contributed by atoms with Gasteiger partial charge in [-0.25, -0.2) is 8.78 Å². The third-order valence-corrected chi connectivity index (χ3v) is 3.70. The topological polar surface area (TPSA) is 55.1 Å². The van der Waals surface area contributed by atoms with Gasteiger partial charge in [0.1, 0.15) is 0 Å². The van der Waals surface area contributed by atoms with E-state index in [2.05, 4.69) is 5.32 Å². The fraction of sp³-hybridized carbons (Fsp3) is 0.545. The molecule has 3 nitrogen and oxygen atoms in total. The molecule has 18 heavy (non-hydrogen) atoms. The van der Waals surface area contributed by atoms with Crippen LogP contribution in [0.15, 0.2) is 17.5 Å². The summed E-state index contributed by atoms with van der Waals surface area (Å²) in [5.74, 6) is -3.48. The predicted molar refractivity (Wildman–Crippen MR) is 71.6 cm³/mol. The van der Waals surface area contributed by atoms with E-state index < -0.39 is 30.3 Å². The highest BCUT2D eigenvalue weighted by Gasteiger charge is 2.34. The summed E-state index contributed by atoms with van der Waals surface area (Å²) in [4.78, 5) is 12.7. The Morgan fingerprint density at radius 3 is 2.56 bits per heavy atom. The second kappa shape index (κ2) is 6.45. The Hall–Kier alpha value is -0.720. The zero-order valence-electron chi connectivity index (χ0n) is 10.2. The number of rotatable bonds is 5. The fourth-order valence-electron chi connectivity index (χ4n) is 1.25. The van der Waals surface area contributed by atoms with E-state index in [1.54, 1.807) is 13.8 Å². The second-order valence-electron chi connectivity index (χ2n) is 4.35. The normalized spacial score (nSPS) is 11.8. The molecule has 0 fully saturated rings. The highest BCUT2D eigenvalue weighted by Crippen LogP contribution is 2.27. The van der Waals surface area contributed by atoms with Gasteiger partial charge in [-0.3, -0.25) is 4.79 Å². The van der Waals surface area contributed by atoms with Gasteiger partial charge in [-0.1, -0.05) is 6.07 Å². The van der Waals surface area contributed by atoms with Gasteiger partial charge in [0.05, 0.1) is 18.5 Å². The molecule has 0 radical (unpaired) electrons. The van der Waals surface area contributed by atoms with Crippen LogP contribution in [0.2, 0.25) is 0 Å². The number of thiophene rings is 1. The first-order chi connectivity index (χ1) is 7.79. The minimum absolute atomic E-state index is 0. The summed E-state index contributed by atoms with van der Waals surface area (Å²) in [6.07, 6.45) is 0. The average molecular weight is 299 g/mol. The number of halogens is 3. The van der Waals surface area contributed by atoms with Crippen molar-refractivity contribution < 1.29 is 13.6 Å². The molecule has 0 aliphatic rings. The molecule has 0 spiro atoms. The Kier molecular flexibility index (Phi) is 6.19. The summed E-state index contributed by atoms with van der Waals surface area (Å²) in [5.41, 5.74) is 4.09. The smallest absolute Gasteiger partial charge is 0.277 e. The zero-order chi connectivity index (χ0) is 13.1. The summed E-state index contributed by atoms with van der Waals surface area (Å²) in [5, 5.41) is 4.09. The van der Waals surface area contributed by atoms with Gasteiger partial charge >= 0.3 is 0 Å². The van der Waals surface area contributed by atoms with Crippen molar-refractivity contribution in [2.75, 3.05) is 13.1 Å². The number of nitrogens with two attached hydrogens (primary N) is 1. The molecule has 1 aromatic rings. The summed E-state index contributed by atoms with van der Waals surface area (Å²) in [7, 11) is 0. The molecular weight excluding hydrogens is 282 g/mol. The maximum atomic E-state index is 12.9. The number of hydrogen-bond donors (Lipinski definition) is 2. The molecule has 0 aromatic carbocycles. The van der Waals surface area contributed by atoms with Crippen molar-refractivity contribution in [3.63, 3.8) is 0 Å². The van der Waals surface area contributed by atoms with Crippen LogP contribution < -0.4 is 11.1 Å². The lowest BCUT2D eigenvalue weighted by molar-refractivity contribution is -0.127. The van der Waals surface area contributed by atoms with E-state index in [4.69, 9.17) is 5.73 Å². The van der Waals surface area contributed by atoms with Crippen LogP contribution in [0.4, 0.5) is 8.78 Å². The predicted octanol–water partition coefficient (Wildman–Crippen LogP) is 2.16. The molecule has 1 heterocycles. The Balaban J connectivity index is 0.00000289. The quantitative estimate of drug-likeness (QED) is 0.875. The van der Waals surface area contributed by atoms with Crippen molar-refractivity contribution in [1.82, 2.24) is 5.32 Å². The van der Waals surface area contributed by atoms with Gasteiger partial charge in [0.2, 0.25) is 5.91 Å². The van der Waals surface area contributed by atoms with Crippen molar-refractivity contribution in [3.05, 3.63) is 22.4 Å². The van der Waals surface area contributed by atoms with Crippen LogP contribution in [0.1, 0.15) is 18.7 Å². The minimum atomic E-state index is -3.05. The van der Waals surface area contributed by atoms with Crippen LogP contribution in [0.25, 0.3) is 0 Å². The Labute approximate surface area is 115 Å². The Morgan fingerprint density at radius 2 is 2.11 bits per heavy atom. The zero-order valence-corrected chi connectivity index (χ0v) is 11.8. The van der Waals surface area contributed by atoms with Crippen LogP contribution in [-0.4, -0.2) is 24.9 Å². The summed E-state index contributed by atoms with van der Waals surface area (Å²) in [6, 6.07) is 3.63. The number of carbonyl (C=O) groups is 1. The third kappa shape index (κ3) is 4.19. The van der Waals surface area contributed by atoms with Gasteiger partial charge in [-0.2, -0.15) is 0 Å². The molecular formula is C11H17ClF2N2OS. The van der Waals surface area contributed by atoms with Crippen molar-refractivity contribution in [2.45, 2.75) is 25.2 Å². The number of amides is 1. The van der Waals surface area contributed by atoms with E-state index >= 15 is 0 Å². The molecule has 3 N–H and O–H groups in total. The first-order valence-corrected chi connectivity index (χ1v) is 6.08. The Morgan fingerprint density at radius 1 is 1.50 bits per heavy atom. The van der Waals surface area contributed by atoms with Crippen LogP contribution in [-0.2, 0) is 10.2 Å². The van der Waals surface area contributed by atoms with E-state index in [1.807, 2.05) is 17.5 Å².